The van der Waals surface area contributed by atoms with Gasteiger partial charge in [-0.2, -0.15) is 5.26 Å². The van der Waals surface area contributed by atoms with E-state index in [9.17, 15) is 9.65 Å². The van der Waals surface area contributed by atoms with Crippen LogP contribution in [0, 0.1) is 17.1 Å². The molecule has 0 aliphatic carbocycles. The third-order valence-corrected chi connectivity index (χ3v) is 5.96. The zero-order valence-electron chi connectivity index (χ0n) is 16.3. The fourth-order valence-electron chi connectivity index (χ4n) is 3.29. The van der Waals surface area contributed by atoms with Crippen molar-refractivity contribution in [1.82, 2.24) is 0 Å². The lowest BCUT2D eigenvalue weighted by Gasteiger charge is -2.12. The molecule has 0 saturated carbocycles. The van der Waals surface area contributed by atoms with Crippen LogP contribution in [-0.4, -0.2) is 0 Å². The van der Waals surface area contributed by atoms with Crippen molar-refractivity contribution in [3.05, 3.63) is 110 Å². The van der Waals surface area contributed by atoms with Crippen molar-refractivity contribution in [2.45, 2.75) is 6.61 Å². The number of ether oxygens (including phenoxy) is 1. The first-order chi connectivity index (χ1) is 15.0. The smallest absolute Gasteiger partial charge is 0.148 e. The predicted molar refractivity (Wildman–Crippen MR) is 130 cm³/mol. The van der Waals surface area contributed by atoms with E-state index in [4.69, 9.17) is 4.74 Å². The summed E-state index contributed by atoms with van der Waals surface area (Å²) in [7, 11) is 0. The van der Waals surface area contributed by atoms with Gasteiger partial charge in [-0.1, -0.05) is 48.5 Å². The Morgan fingerprint density at radius 1 is 0.903 bits per heavy atom. The van der Waals surface area contributed by atoms with E-state index in [1.54, 1.807) is 6.07 Å². The van der Waals surface area contributed by atoms with Crippen molar-refractivity contribution < 1.29 is 9.13 Å². The summed E-state index contributed by atoms with van der Waals surface area (Å²) >= 11 is 7.09. The van der Waals surface area contributed by atoms with Gasteiger partial charge >= 0.3 is 0 Å². The van der Waals surface area contributed by atoms with Gasteiger partial charge in [0, 0.05) is 0 Å². The van der Waals surface area contributed by atoms with Crippen molar-refractivity contribution in [3.8, 4) is 11.8 Å². The molecule has 0 heterocycles. The molecular formula is C26H16Br2FNO. The van der Waals surface area contributed by atoms with Crippen molar-refractivity contribution in [3.63, 3.8) is 0 Å². The highest BCUT2D eigenvalue weighted by molar-refractivity contribution is 9.11. The van der Waals surface area contributed by atoms with Gasteiger partial charge < -0.3 is 4.74 Å². The summed E-state index contributed by atoms with van der Waals surface area (Å²) in [5, 5.41) is 12.0. The Hall–Kier alpha value is -2.94. The van der Waals surface area contributed by atoms with Crippen LogP contribution in [0.5, 0.6) is 5.75 Å². The lowest BCUT2D eigenvalue weighted by Crippen LogP contribution is -1.98. The molecule has 4 aromatic rings. The molecule has 31 heavy (non-hydrogen) atoms. The van der Waals surface area contributed by atoms with E-state index in [1.165, 1.54) is 12.1 Å². The Kier molecular flexibility index (Phi) is 6.50. The Balaban J connectivity index is 1.61. The maximum atomic E-state index is 13.4. The van der Waals surface area contributed by atoms with E-state index in [0.29, 0.717) is 11.3 Å². The first-order valence-electron chi connectivity index (χ1n) is 9.51. The molecule has 0 aliphatic heterocycles. The third kappa shape index (κ3) is 5.04. The summed E-state index contributed by atoms with van der Waals surface area (Å²) in [5.74, 6) is 0.322. The van der Waals surface area contributed by atoms with E-state index in [2.05, 4.69) is 37.9 Å². The minimum absolute atomic E-state index is 0.241. The SMILES string of the molecule is N#C/C(=C/c1cc(Br)c(OCc2cccc(F)c2)c(Br)c1)c1ccc2ccccc2c1. The maximum absolute atomic E-state index is 13.4. The molecule has 0 N–H and O–H groups in total. The van der Waals surface area contributed by atoms with Crippen molar-refractivity contribution in [2.75, 3.05) is 0 Å². The second kappa shape index (κ2) is 9.47. The van der Waals surface area contributed by atoms with Gasteiger partial charge in [-0.25, -0.2) is 4.39 Å². The molecule has 4 rings (SSSR count). The minimum atomic E-state index is -0.294. The van der Waals surface area contributed by atoms with Gasteiger partial charge in [-0.3, -0.25) is 0 Å². The van der Waals surface area contributed by atoms with E-state index < -0.39 is 0 Å². The average molecular weight is 537 g/mol. The summed E-state index contributed by atoms with van der Waals surface area (Å²) in [6.07, 6.45) is 1.84. The van der Waals surface area contributed by atoms with Crippen LogP contribution in [0.4, 0.5) is 4.39 Å². The van der Waals surface area contributed by atoms with Gasteiger partial charge in [-0.05, 0) is 95.7 Å². The predicted octanol–water partition coefficient (Wildman–Crippen LogP) is 8.15. The van der Waals surface area contributed by atoms with Crippen LogP contribution in [0.1, 0.15) is 16.7 Å². The largest absolute Gasteiger partial charge is 0.487 e. The summed E-state index contributed by atoms with van der Waals surface area (Å²) < 4.78 is 20.7. The van der Waals surface area contributed by atoms with Crippen molar-refractivity contribution in [1.29, 1.82) is 5.26 Å². The number of nitrogens with zero attached hydrogens (tertiary/aromatic N) is 1. The highest BCUT2D eigenvalue weighted by Crippen LogP contribution is 2.36. The molecule has 0 saturated heterocycles. The number of nitriles is 1. The van der Waals surface area contributed by atoms with Crippen molar-refractivity contribution >= 4 is 54.3 Å². The second-order valence-corrected chi connectivity index (χ2v) is 8.67. The molecule has 0 spiro atoms. The Morgan fingerprint density at radius 2 is 1.65 bits per heavy atom. The molecule has 0 amide bonds. The minimum Gasteiger partial charge on any atom is -0.487 e. The molecule has 0 aliphatic rings. The van der Waals surface area contributed by atoms with Gasteiger partial charge in [0.15, 0.2) is 0 Å². The van der Waals surface area contributed by atoms with Crippen LogP contribution in [0.25, 0.3) is 22.4 Å². The maximum Gasteiger partial charge on any atom is 0.148 e. The van der Waals surface area contributed by atoms with Gasteiger partial charge in [0.2, 0.25) is 0 Å². The van der Waals surface area contributed by atoms with Crippen LogP contribution >= 0.6 is 31.9 Å². The molecule has 0 fully saturated rings. The van der Waals surface area contributed by atoms with Crippen LogP contribution in [0.2, 0.25) is 0 Å². The highest BCUT2D eigenvalue weighted by Gasteiger charge is 2.11. The normalized spacial score (nSPS) is 11.4. The van der Waals surface area contributed by atoms with Crippen LogP contribution in [0.15, 0.2) is 87.8 Å². The van der Waals surface area contributed by atoms with Crippen LogP contribution < -0.4 is 4.74 Å². The van der Waals surface area contributed by atoms with Gasteiger partial charge in [0.1, 0.15) is 18.2 Å². The number of halogens is 3. The molecule has 0 aromatic heterocycles. The van der Waals surface area contributed by atoms with Gasteiger partial charge in [-0.15, -0.1) is 0 Å². The summed E-state index contributed by atoms with van der Waals surface area (Å²) in [6, 6.07) is 26.5. The molecule has 0 bridgehead atoms. The molecule has 4 aromatic carbocycles. The number of benzene rings is 4. The monoisotopic (exact) mass is 535 g/mol. The topological polar surface area (TPSA) is 33.0 Å². The van der Waals surface area contributed by atoms with E-state index >= 15 is 0 Å². The molecule has 0 atom stereocenters. The molecule has 0 unspecified atom stereocenters. The average Bonchev–Trinajstić information content (AvgIpc) is 2.76. The molecule has 152 valence electrons. The van der Waals surface area contributed by atoms with E-state index in [1.807, 2.05) is 66.7 Å². The Bertz CT molecular complexity index is 1320. The van der Waals surface area contributed by atoms with E-state index in [0.717, 1.165) is 36.4 Å². The fourth-order valence-corrected chi connectivity index (χ4v) is 4.74. The Morgan fingerprint density at radius 3 is 2.35 bits per heavy atom. The van der Waals surface area contributed by atoms with Crippen LogP contribution in [0.3, 0.4) is 0 Å². The standard InChI is InChI=1S/C26H16Br2FNO/c27-24-12-18(13-25(28)26(24)31-16-17-4-3-7-23(29)11-17)10-22(15-30)21-9-8-19-5-1-2-6-20(19)14-21/h1-14H,16H2/b22-10-. The highest BCUT2D eigenvalue weighted by atomic mass is 79.9. The van der Waals surface area contributed by atoms with E-state index in [-0.39, 0.29) is 12.4 Å². The third-order valence-electron chi connectivity index (χ3n) is 4.78. The number of allylic oxidation sites excluding steroid dienone is 1. The van der Waals surface area contributed by atoms with Crippen molar-refractivity contribution in [2.24, 2.45) is 0 Å². The number of hydrogen-bond acceptors (Lipinski definition) is 2. The lowest BCUT2D eigenvalue weighted by molar-refractivity contribution is 0.301. The fraction of sp³-hybridized carbons (Fsp3) is 0.0385. The molecular weight excluding hydrogens is 521 g/mol. The zero-order valence-corrected chi connectivity index (χ0v) is 19.5. The molecule has 2 nitrogen and oxygen atoms in total. The van der Waals surface area contributed by atoms with Gasteiger partial charge in [0.05, 0.1) is 20.6 Å². The van der Waals surface area contributed by atoms with Crippen LogP contribution in [-0.2, 0) is 6.61 Å². The summed E-state index contributed by atoms with van der Waals surface area (Å²) in [5.41, 5.74) is 3.02. The first kappa shape index (κ1) is 21.3. The number of hydrogen-bond donors (Lipinski definition) is 0. The summed E-state index contributed by atoms with van der Waals surface area (Å²) in [6.45, 7) is 0.241. The second-order valence-electron chi connectivity index (χ2n) is 6.96. The lowest BCUT2D eigenvalue weighted by atomic mass is 10.0. The summed E-state index contributed by atoms with van der Waals surface area (Å²) in [4.78, 5) is 0. The zero-order chi connectivity index (χ0) is 21.8. The molecule has 0 radical (unpaired) electrons. The Labute approximate surface area is 196 Å². The number of rotatable bonds is 5. The first-order valence-corrected chi connectivity index (χ1v) is 11.1. The molecule has 5 heteroatoms. The number of fused-ring (bicyclic) bond motifs is 1. The quantitative estimate of drug-likeness (QED) is 0.190. The van der Waals surface area contributed by atoms with Gasteiger partial charge in [0.25, 0.3) is 0 Å².